The van der Waals surface area contributed by atoms with Crippen LogP contribution in [0.25, 0.3) is 0 Å². The van der Waals surface area contributed by atoms with Crippen molar-refractivity contribution in [3.63, 3.8) is 0 Å². The number of carboxylic acids is 1. The van der Waals surface area contributed by atoms with Crippen LogP contribution in [0, 0.1) is 0 Å². The van der Waals surface area contributed by atoms with Gasteiger partial charge in [0.2, 0.25) is 17.7 Å². The van der Waals surface area contributed by atoms with E-state index < -0.39 is 102 Å². The molecule has 1 aromatic heterocycles. The fourth-order valence-corrected chi connectivity index (χ4v) is 5.55. The molecule has 2 saturated heterocycles. The van der Waals surface area contributed by atoms with E-state index in [4.69, 9.17) is 0 Å². The maximum Gasteiger partial charge on any atom is 0.417 e. The molecule has 0 unspecified atom stereocenters. The van der Waals surface area contributed by atoms with Crippen LogP contribution in [-0.2, 0) is 31.5 Å². The van der Waals surface area contributed by atoms with Crippen molar-refractivity contribution in [2.24, 2.45) is 0 Å². The van der Waals surface area contributed by atoms with E-state index in [1.807, 2.05) is 0 Å². The van der Waals surface area contributed by atoms with Crippen molar-refractivity contribution >= 4 is 35.5 Å². The van der Waals surface area contributed by atoms with Crippen LogP contribution in [-0.4, -0.2) is 92.7 Å². The van der Waals surface area contributed by atoms with Gasteiger partial charge in [-0.25, -0.2) is 9.78 Å². The third kappa shape index (κ3) is 9.44. The minimum absolute atomic E-state index is 0.0270. The molecule has 2 aliphatic rings. The Balaban J connectivity index is 1.66. The fourth-order valence-electron chi connectivity index (χ4n) is 5.55. The van der Waals surface area contributed by atoms with Crippen molar-refractivity contribution in [3.05, 3.63) is 59.2 Å². The largest absolute Gasteiger partial charge is 0.480 e. The second kappa shape index (κ2) is 15.5. The molecule has 4 atom stereocenters. The van der Waals surface area contributed by atoms with Crippen LogP contribution in [0.5, 0.6) is 0 Å². The van der Waals surface area contributed by atoms with Gasteiger partial charge in [0.05, 0.1) is 22.9 Å². The molecule has 2 aliphatic heterocycles. The van der Waals surface area contributed by atoms with Gasteiger partial charge in [-0.2, -0.15) is 26.3 Å². The van der Waals surface area contributed by atoms with E-state index in [1.165, 1.54) is 12.4 Å². The number of rotatable bonds is 5. The summed E-state index contributed by atoms with van der Waals surface area (Å²) in [7, 11) is 0. The highest BCUT2D eigenvalue weighted by Gasteiger charge is 2.45. The Hall–Kier alpha value is -5.30. The number of hydrogen-bond acceptors (Lipinski definition) is 8. The Morgan fingerprint density at radius 1 is 0.940 bits per heavy atom. The standard InChI is InChI=1S/C30H31F6N7O7/c31-29(32,33)15-4-5-17(18(11-15)30(34,35)36)24(45)40-16-12-22-26(47)42-20(28(49)50)6-7-23(44)39-8-2-1-3-19(27(48)43(22)14-16)41-25(46)21-13-37-9-10-38-21/h4-5,9-11,13,16,19-20,22H,1-3,6-8,12,14H2,(H,39,44)(H,40,45)(H,41,46)(H,42,47)(H,49,50)/t16-,19+,20+,22+/m1/s1. The number of alkyl halides is 6. The first kappa shape index (κ1) is 37.5. The van der Waals surface area contributed by atoms with Crippen LogP contribution in [0.1, 0.15) is 70.5 Å². The topological polar surface area (TPSA) is 200 Å². The Kier molecular flexibility index (Phi) is 11.6. The van der Waals surface area contributed by atoms with E-state index in [-0.39, 0.29) is 44.0 Å². The van der Waals surface area contributed by atoms with Gasteiger partial charge < -0.3 is 31.3 Å². The Morgan fingerprint density at radius 2 is 1.68 bits per heavy atom. The summed E-state index contributed by atoms with van der Waals surface area (Å²) in [6.45, 7) is -0.369. The van der Waals surface area contributed by atoms with Gasteiger partial charge in [0, 0.05) is 37.9 Å². The predicted octanol–water partition coefficient (Wildman–Crippen LogP) is 1.66. The van der Waals surface area contributed by atoms with Gasteiger partial charge in [0.25, 0.3) is 11.8 Å². The number of aliphatic carboxylic acids is 1. The summed E-state index contributed by atoms with van der Waals surface area (Å²) in [5.74, 6) is -6.19. The van der Waals surface area contributed by atoms with Crippen molar-refractivity contribution in [2.75, 3.05) is 13.1 Å². The maximum atomic E-state index is 14.0. The van der Waals surface area contributed by atoms with Gasteiger partial charge in [-0.1, -0.05) is 0 Å². The number of carboxylic acid groups (broad SMARTS) is 1. The molecule has 5 amide bonds. The Labute approximate surface area is 279 Å². The maximum absolute atomic E-state index is 14.0. The number of aromatic nitrogens is 2. The van der Waals surface area contributed by atoms with E-state index in [2.05, 4.69) is 31.2 Å². The van der Waals surface area contributed by atoms with Crippen LogP contribution in [0.15, 0.2) is 36.8 Å². The summed E-state index contributed by atoms with van der Waals surface area (Å²) in [6.07, 6.45) is -7.37. The molecule has 0 radical (unpaired) electrons. The van der Waals surface area contributed by atoms with Crippen molar-refractivity contribution in [3.8, 4) is 0 Å². The molecule has 4 rings (SSSR count). The summed E-state index contributed by atoms with van der Waals surface area (Å²) < 4.78 is 80.8. The summed E-state index contributed by atoms with van der Waals surface area (Å²) in [6, 6.07) is -5.26. The quantitative estimate of drug-likeness (QED) is 0.286. The van der Waals surface area contributed by atoms with Gasteiger partial charge >= 0.3 is 18.3 Å². The molecule has 14 nitrogen and oxygen atoms in total. The lowest BCUT2D eigenvalue weighted by molar-refractivity contribution is -0.145. The first-order chi connectivity index (χ1) is 23.5. The Morgan fingerprint density at radius 3 is 2.32 bits per heavy atom. The molecular weight excluding hydrogens is 684 g/mol. The number of nitrogens with one attached hydrogen (secondary N) is 4. The zero-order valence-corrected chi connectivity index (χ0v) is 25.9. The summed E-state index contributed by atoms with van der Waals surface area (Å²) in [5, 5.41) is 19.3. The molecular formula is C30H31F6N7O7. The second-order valence-electron chi connectivity index (χ2n) is 11.6. The normalized spacial score (nSPS) is 22.7. The van der Waals surface area contributed by atoms with Crippen molar-refractivity contribution in [1.82, 2.24) is 36.1 Å². The number of halogens is 6. The third-order valence-corrected chi connectivity index (χ3v) is 8.03. The monoisotopic (exact) mass is 715 g/mol. The van der Waals surface area contributed by atoms with Gasteiger partial charge in [0.15, 0.2) is 0 Å². The van der Waals surface area contributed by atoms with Crippen LogP contribution < -0.4 is 21.3 Å². The Bertz CT molecular complexity index is 1620. The molecule has 1 aromatic carbocycles. The van der Waals surface area contributed by atoms with Crippen LogP contribution >= 0.6 is 0 Å². The number of carbonyl (C=O) groups is 6. The lowest BCUT2D eigenvalue weighted by atomic mass is 10.0. The van der Waals surface area contributed by atoms with Crippen molar-refractivity contribution in [2.45, 2.75) is 75.0 Å². The van der Waals surface area contributed by atoms with Gasteiger partial charge in [-0.05, 0) is 50.3 Å². The van der Waals surface area contributed by atoms with Crippen molar-refractivity contribution in [1.29, 1.82) is 0 Å². The summed E-state index contributed by atoms with van der Waals surface area (Å²) in [4.78, 5) is 86.4. The molecule has 2 aromatic rings. The van der Waals surface area contributed by atoms with Crippen LogP contribution in [0.4, 0.5) is 26.3 Å². The minimum atomic E-state index is -5.37. The highest BCUT2D eigenvalue weighted by Crippen LogP contribution is 2.37. The number of hydrogen-bond donors (Lipinski definition) is 5. The first-order valence-corrected chi connectivity index (χ1v) is 15.2. The fraction of sp³-hybridized carbons (Fsp3) is 0.467. The van der Waals surface area contributed by atoms with Crippen LogP contribution in [0.2, 0.25) is 0 Å². The smallest absolute Gasteiger partial charge is 0.417 e. The SMILES string of the molecule is O=C1CC[C@@H](C(=O)O)NC(=O)[C@@H]2C[C@@H](NC(=O)c3ccc(C(F)(F)F)cc3C(F)(F)F)CN2C(=O)[C@@H](NC(=O)c2cnccn2)CCCCN1. The molecule has 2 fully saturated rings. The molecule has 0 aliphatic carbocycles. The number of nitrogens with zero attached hydrogens (tertiary/aromatic N) is 3. The molecule has 50 heavy (non-hydrogen) atoms. The third-order valence-electron chi connectivity index (χ3n) is 8.03. The number of benzene rings is 1. The van der Waals surface area contributed by atoms with E-state index in [9.17, 15) is 60.2 Å². The number of fused-ring (bicyclic) bond motifs is 1. The molecule has 0 bridgehead atoms. The van der Waals surface area contributed by atoms with E-state index in [0.717, 1.165) is 11.1 Å². The number of carbonyl (C=O) groups excluding carboxylic acids is 5. The van der Waals surface area contributed by atoms with Gasteiger partial charge in [-0.15, -0.1) is 0 Å². The predicted molar refractivity (Wildman–Crippen MR) is 157 cm³/mol. The molecule has 0 spiro atoms. The molecule has 270 valence electrons. The zero-order valence-electron chi connectivity index (χ0n) is 25.9. The lowest BCUT2D eigenvalue weighted by Crippen LogP contribution is -2.55. The molecule has 20 heteroatoms. The highest BCUT2D eigenvalue weighted by atomic mass is 19.4. The lowest BCUT2D eigenvalue weighted by Gasteiger charge is -2.29. The van der Waals surface area contributed by atoms with E-state index >= 15 is 0 Å². The summed E-state index contributed by atoms with van der Waals surface area (Å²) >= 11 is 0. The van der Waals surface area contributed by atoms with Gasteiger partial charge in [-0.3, -0.25) is 29.0 Å². The first-order valence-electron chi connectivity index (χ1n) is 15.2. The van der Waals surface area contributed by atoms with Crippen LogP contribution in [0.3, 0.4) is 0 Å². The van der Waals surface area contributed by atoms with E-state index in [1.54, 1.807) is 0 Å². The highest BCUT2D eigenvalue weighted by molar-refractivity contribution is 5.99. The average molecular weight is 716 g/mol. The molecule has 3 heterocycles. The average Bonchev–Trinajstić information content (AvgIpc) is 3.47. The second-order valence-corrected chi connectivity index (χ2v) is 11.6. The minimum Gasteiger partial charge on any atom is -0.480 e. The van der Waals surface area contributed by atoms with E-state index in [0.29, 0.717) is 18.6 Å². The van der Waals surface area contributed by atoms with Crippen molar-refractivity contribution < 1.29 is 60.2 Å². The van der Waals surface area contributed by atoms with Gasteiger partial charge in [0.1, 0.15) is 23.8 Å². The summed E-state index contributed by atoms with van der Waals surface area (Å²) in [5.41, 5.74) is -4.82. The molecule has 5 N–H and O–H groups in total. The number of amides is 5. The molecule has 0 saturated carbocycles. The zero-order chi connectivity index (χ0) is 36.8.